The highest BCUT2D eigenvalue weighted by Gasteiger charge is 2.24. The van der Waals surface area contributed by atoms with Crippen LogP contribution in [-0.2, 0) is 11.3 Å². The molecule has 142 valence electrons. The molecule has 7 heteroatoms. The van der Waals surface area contributed by atoms with Crippen molar-refractivity contribution in [3.63, 3.8) is 0 Å². The highest BCUT2D eigenvalue weighted by Crippen LogP contribution is 2.19. The number of nitrogens with zero attached hydrogens (tertiary/aromatic N) is 1. The van der Waals surface area contributed by atoms with Gasteiger partial charge in [-0.25, -0.2) is 0 Å². The minimum absolute atomic E-state index is 0. The fraction of sp³-hybridized carbons (Fsp3) is 0.611. The number of piperidine rings is 1. The summed E-state index contributed by atoms with van der Waals surface area (Å²) in [5, 5.41) is 6.40. The molecule has 2 fully saturated rings. The summed E-state index contributed by atoms with van der Waals surface area (Å²) in [7, 11) is 0. The molecule has 1 amide bonds. The molecule has 4 N–H and O–H groups in total. The first kappa shape index (κ1) is 22.0. The highest BCUT2D eigenvalue weighted by molar-refractivity contribution is 5.85. The molecule has 2 atom stereocenters. The molecule has 1 aromatic carbocycles. The van der Waals surface area contributed by atoms with Crippen LogP contribution in [0.15, 0.2) is 24.3 Å². The van der Waals surface area contributed by atoms with Crippen LogP contribution in [0.1, 0.15) is 31.2 Å². The van der Waals surface area contributed by atoms with E-state index < -0.39 is 0 Å². The van der Waals surface area contributed by atoms with Crippen molar-refractivity contribution in [1.82, 2.24) is 15.5 Å². The van der Waals surface area contributed by atoms with Gasteiger partial charge in [0.25, 0.3) is 0 Å². The number of anilines is 1. The number of likely N-dealkylation sites (tertiary alicyclic amines) is 1. The SMILES string of the molecule is Cl.Cl.Nc1cccc(CN2CCCC(CNC(=O)C3CCCN3)C2)c1. The van der Waals surface area contributed by atoms with E-state index in [1.807, 2.05) is 12.1 Å². The molecule has 1 aromatic rings. The van der Waals surface area contributed by atoms with Gasteiger partial charge in [0, 0.05) is 25.3 Å². The lowest BCUT2D eigenvalue weighted by Crippen LogP contribution is -2.45. The Morgan fingerprint density at radius 3 is 2.84 bits per heavy atom. The van der Waals surface area contributed by atoms with Crippen molar-refractivity contribution in [3.05, 3.63) is 29.8 Å². The predicted octanol–water partition coefficient (Wildman–Crippen LogP) is 2.19. The van der Waals surface area contributed by atoms with Crippen LogP contribution in [0.2, 0.25) is 0 Å². The number of nitrogen functional groups attached to an aromatic ring is 1. The molecule has 2 aliphatic rings. The average Bonchev–Trinajstić information content (AvgIpc) is 3.07. The van der Waals surface area contributed by atoms with Crippen molar-refractivity contribution >= 4 is 36.4 Å². The zero-order chi connectivity index (χ0) is 16.1. The number of hydrogen-bond acceptors (Lipinski definition) is 4. The molecule has 0 bridgehead atoms. The Morgan fingerprint density at radius 1 is 1.28 bits per heavy atom. The van der Waals surface area contributed by atoms with Crippen LogP contribution >= 0.6 is 24.8 Å². The summed E-state index contributed by atoms with van der Waals surface area (Å²) >= 11 is 0. The van der Waals surface area contributed by atoms with Gasteiger partial charge in [-0.2, -0.15) is 0 Å². The van der Waals surface area contributed by atoms with Crippen molar-refractivity contribution in [2.45, 2.75) is 38.3 Å². The number of hydrogen-bond donors (Lipinski definition) is 3. The topological polar surface area (TPSA) is 70.4 Å². The van der Waals surface area contributed by atoms with E-state index in [0.717, 1.165) is 51.3 Å². The first-order valence-corrected chi connectivity index (χ1v) is 8.78. The van der Waals surface area contributed by atoms with Gasteiger partial charge in [0.05, 0.1) is 6.04 Å². The van der Waals surface area contributed by atoms with Crippen molar-refractivity contribution < 1.29 is 4.79 Å². The monoisotopic (exact) mass is 388 g/mol. The van der Waals surface area contributed by atoms with E-state index in [-0.39, 0.29) is 36.8 Å². The van der Waals surface area contributed by atoms with E-state index in [1.54, 1.807) is 0 Å². The lowest BCUT2D eigenvalue weighted by Gasteiger charge is -2.33. The first-order valence-electron chi connectivity index (χ1n) is 8.78. The Morgan fingerprint density at radius 2 is 2.12 bits per heavy atom. The molecule has 0 saturated carbocycles. The predicted molar refractivity (Wildman–Crippen MR) is 107 cm³/mol. The Hall–Kier alpha value is -1.01. The zero-order valence-corrected chi connectivity index (χ0v) is 16.2. The quantitative estimate of drug-likeness (QED) is 0.676. The van der Waals surface area contributed by atoms with Crippen LogP contribution < -0.4 is 16.4 Å². The molecule has 2 unspecified atom stereocenters. The van der Waals surface area contributed by atoms with Gasteiger partial charge in [0.1, 0.15) is 0 Å². The van der Waals surface area contributed by atoms with Gasteiger partial charge in [-0.3, -0.25) is 9.69 Å². The van der Waals surface area contributed by atoms with Crippen molar-refractivity contribution in [2.24, 2.45) is 5.92 Å². The van der Waals surface area contributed by atoms with Crippen molar-refractivity contribution in [1.29, 1.82) is 0 Å². The van der Waals surface area contributed by atoms with Crippen LogP contribution in [0, 0.1) is 5.92 Å². The van der Waals surface area contributed by atoms with E-state index in [4.69, 9.17) is 5.73 Å². The molecule has 0 spiro atoms. The summed E-state index contributed by atoms with van der Waals surface area (Å²) in [6, 6.07) is 8.16. The Labute approximate surface area is 162 Å². The van der Waals surface area contributed by atoms with E-state index in [1.165, 1.54) is 18.4 Å². The molecule has 2 heterocycles. The summed E-state index contributed by atoms with van der Waals surface area (Å²) in [5.41, 5.74) is 7.95. The lowest BCUT2D eigenvalue weighted by atomic mass is 9.97. The van der Waals surface area contributed by atoms with Crippen LogP contribution in [0.25, 0.3) is 0 Å². The normalized spacial score (nSPS) is 23.4. The number of halogens is 2. The smallest absolute Gasteiger partial charge is 0.237 e. The molecule has 3 rings (SSSR count). The molecule has 0 aliphatic carbocycles. The van der Waals surface area contributed by atoms with Gasteiger partial charge in [0.2, 0.25) is 5.91 Å². The number of benzene rings is 1. The second-order valence-electron chi connectivity index (χ2n) is 6.88. The van der Waals surface area contributed by atoms with Gasteiger partial charge < -0.3 is 16.4 Å². The van der Waals surface area contributed by atoms with Crippen LogP contribution in [0.3, 0.4) is 0 Å². The van der Waals surface area contributed by atoms with Gasteiger partial charge in [-0.1, -0.05) is 12.1 Å². The van der Waals surface area contributed by atoms with Crippen LogP contribution in [0.4, 0.5) is 5.69 Å². The second kappa shape index (κ2) is 10.9. The van der Waals surface area contributed by atoms with E-state index >= 15 is 0 Å². The summed E-state index contributed by atoms with van der Waals surface area (Å²) in [6.07, 6.45) is 4.48. The summed E-state index contributed by atoms with van der Waals surface area (Å²) in [4.78, 5) is 14.6. The minimum Gasteiger partial charge on any atom is -0.399 e. The Bertz CT molecular complexity index is 538. The third kappa shape index (κ3) is 6.66. The number of nitrogens with one attached hydrogen (secondary N) is 2. The van der Waals surface area contributed by atoms with E-state index in [0.29, 0.717) is 5.92 Å². The molecular formula is C18H30Cl2N4O. The molecule has 25 heavy (non-hydrogen) atoms. The third-order valence-electron chi connectivity index (χ3n) is 4.90. The Balaban J connectivity index is 0.00000156. The highest BCUT2D eigenvalue weighted by atomic mass is 35.5. The fourth-order valence-corrected chi connectivity index (χ4v) is 3.69. The average molecular weight is 389 g/mol. The van der Waals surface area contributed by atoms with Crippen molar-refractivity contribution in [3.8, 4) is 0 Å². The zero-order valence-electron chi connectivity index (χ0n) is 14.6. The fourth-order valence-electron chi connectivity index (χ4n) is 3.69. The lowest BCUT2D eigenvalue weighted by molar-refractivity contribution is -0.123. The molecule has 5 nitrogen and oxygen atoms in total. The minimum atomic E-state index is 0. The molecule has 0 radical (unpaired) electrons. The van der Waals surface area contributed by atoms with Gasteiger partial charge in [-0.15, -0.1) is 24.8 Å². The third-order valence-corrected chi connectivity index (χ3v) is 4.90. The molecule has 2 saturated heterocycles. The number of nitrogens with two attached hydrogens (primary N) is 1. The van der Waals surface area contributed by atoms with Crippen LogP contribution in [-0.4, -0.2) is 43.0 Å². The van der Waals surface area contributed by atoms with Crippen LogP contribution in [0.5, 0.6) is 0 Å². The number of carbonyl (C=O) groups excluding carboxylic acids is 1. The summed E-state index contributed by atoms with van der Waals surface area (Å²) in [6.45, 7) is 4.89. The summed E-state index contributed by atoms with van der Waals surface area (Å²) in [5.74, 6) is 0.727. The largest absolute Gasteiger partial charge is 0.399 e. The standard InChI is InChI=1S/C18H28N4O.2ClH/c19-16-6-1-4-14(10-16)12-22-9-3-5-15(13-22)11-21-18(23)17-7-2-8-20-17;;/h1,4,6,10,15,17,20H,2-3,5,7-9,11-13,19H2,(H,21,23);2*1H. The van der Waals surface area contributed by atoms with Gasteiger partial charge in [-0.05, 0) is 62.4 Å². The Kier molecular flexibility index (Phi) is 9.57. The number of amides is 1. The second-order valence-corrected chi connectivity index (χ2v) is 6.88. The van der Waals surface area contributed by atoms with Gasteiger partial charge in [0.15, 0.2) is 0 Å². The number of rotatable bonds is 5. The molecule has 2 aliphatic heterocycles. The maximum absolute atomic E-state index is 12.1. The molecule has 0 aromatic heterocycles. The maximum atomic E-state index is 12.1. The van der Waals surface area contributed by atoms with E-state index in [2.05, 4.69) is 27.7 Å². The van der Waals surface area contributed by atoms with Crippen molar-refractivity contribution in [2.75, 3.05) is 31.9 Å². The maximum Gasteiger partial charge on any atom is 0.237 e. The first-order chi connectivity index (χ1) is 11.2. The van der Waals surface area contributed by atoms with Gasteiger partial charge >= 0.3 is 0 Å². The summed E-state index contributed by atoms with van der Waals surface area (Å²) < 4.78 is 0. The molecular weight excluding hydrogens is 359 g/mol. The van der Waals surface area contributed by atoms with E-state index in [9.17, 15) is 4.79 Å². The number of carbonyl (C=O) groups is 1.